The molecule has 0 fully saturated rings. The number of nitrogens with zero attached hydrogens (tertiary/aromatic N) is 1. The third-order valence-electron chi connectivity index (χ3n) is 3.26. The van der Waals surface area contributed by atoms with Crippen molar-refractivity contribution < 1.29 is 19.4 Å². The van der Waals surface area contributed by atoms with Crippen LogP contribution in [0.1, 0.15) is 21.5 Å². The minimum atomic E-state index is -1.13. The van der Waals surface area contributed by atoms with Crippen LogP contribution in [0.15, 0.2) is 53.2 Å². The molecular weight excluding hydrogens is 353 g/mol. The molecule has 0 saturated heterocycles. The lowest BCUT2D eigenvalue weighted by atomic mass is 10.1. The lowest BCUT2D eigenvalue weighted by Crippen LogP contribution is -2.11. The second kappa shape index (κ2) is 6.47. The Bertz CT molecular complexity index is 919. The second-order valence-corrected chi connectivity index (χ2v) is 5.67. The van der Waals surface area contributed by atoms with Gasteiger partial charge in [-0.2, -0.15) is 0 Å². The van der Waals surface area contributed by atoms with E-state index in [1.807, 2.05) is 0 Å². The molecule has 1 heterocycles. The van der Waals surface area contributed by atoms with Crippen LogP contribution in [0, 0.1) is 0 Å². The number of benzene rings is 2. The summed E-state index contributed by atoms with van der Waals surface area (Å²) in [4.78, 5) is 27.3. The van der Waals surface area contributed by atoms with Gasteiger partial charge in [-0.1, -0.05) is 41.4 Å². The maximum Gasteiger partial charge on any atom is 0.363 e. The number of aliphatic imine (C=N–C) groups is 1. The number of hydrogen-bond acceptors (Lipinski definition) is 4. The van der Waals surface area contributed by atoms with Crippen LogP contribution in [0.2, 0.25) is 10.0 Å². The van der Waals surface area contributed by atoms with Gasteiger partial charge < -0.3 is 9.84 Å². The number of carboxylic acid groups (broad SMARTS) is 1. The largest absolute Gasteiger partial charge is 0.478 e. The highest BCUT2D eigenvalue weighted by Gasteiger charge is 2.27. The normalized spacial score (nSPS) is 15.3. The molecule has 0 aromatic heterocycles. The summed E-state index contributed by atoms with van der Waals surface area (Å²) >= 11 is 11.8. The van der Waals surface area contributed by atoms with E-state index in [9.17, 15) is 14.7 Å². The summed E-state index contributed by atoms with van der Waals surface area (Å²) in [6.45, 7) is 0. The molecule has 0 atom stereocenters. The maximum absolute atomic E-state index is 12.0. The Hall–Kier alpha value is -2.63. The van der Waals surface area contributed by atoms with Crippen molar-refractivity contribution in [2.45, 2.75) is 0 Å². The highest BCUT2D eigenvalue weighted by Crippen LogP contribution is 2.26. The van der Waals surface area contributed by atoms with Crippen molar-refractivity contribution in [1.29, 1.82) is 0 Å². The number of esters is 1. The zero-order valence-corrected chi connectivity index (χ0v) is 13.5. The number of hydrogen-bond donors (Lipinski definition) is 1. The van der Waals surface area contributed by atoms with Crippen LogP contribution in [-0.4, -0.2) is 22.9 Å². The van der Waals surface area contributed by atoms with E-state index in [1.54, 1.807) is 30.3 Å². The Labute approximate surface area is 146 Å². The van der Waals surface area contributed by atoms with Gasteiger partial charge in [0.05, 0.1) is 21.2 Å². The summed E-state index contributed by atoms with van der Waals surface area (Å²) < 4.78 is 5.10. The first-order valence-electron chi connectivity index (χ1n) is 6.76. The third kappa shape index (κ3) is 3.18. The van der Waals surface area contributed by atoms with E-state index in [4.69, 9.17) is 27.9 Å². The van der Waals surface area contributed by atoms with Crippen molar-refractivity contribution in [3.63, 3.8) is 0 Å². The zero-order valence-electron chi connectivity index (χ0n) is 12.0. The predicted molar refractivity (Wildman–Crippen MR) is 90.5 cm³/mol. The molecule has 0 amide bonds. The van der Waals surface area contributed by atoms with Crippen LogP contribution in [0.5, 0.6) is 0 Å². The molecule has 5 nitrogen and oxygen atoms in total. The molecule has 0 radical (unpaired) electrons. The van der Waals surface area contributed by atoms with Crippen molar-refractivity contribution in [3.05, 3.63) is 74.9 Å². The zero-order chi connectivity index (χ0) is 17.3. The fourth-order valence-electron chi connectivity index (χ4n) is 2.14. The van der Waals surface area contributed by atoms with Crippen molar-refractivity contribution in [2.75, 3.05) is 0 Å². The molecule has 2 aromatic carbocycles. The van der Waals surface area contributed by atoms with E-state index in [0.717, 1.165) is 0 Å². The van der Waals surface area contributed by atoms with Gasteiger partial charge in [-0.05, 0) is 35.9 Å². The second-order valence-electron chi connectivity index (χ2n) is 4.86. The van der Waals surface area contributed by atoms with Gasteiger partial charge in [0.1, 0.15) is 0 Å². The summed E-state index contributed by atoms with van der Waals surface area (Å²) in [7, 11) is 0. The number of halogens is 2. The SMILES string of the molecule is O=C1OC(c2ccccc2C(=O)O)=NC1=Cc1ccc(Cl)c(Cl)c1. The standard InChI is InChI=1S/C17H9Cl2NO4/c18-12-6-5-9(7-13(12)19)8-14-17(23)24-15(20-14)10-3-1-2-4-11(10)16(21)22/h1-8H,(H,21,22). The Morgan fingerprint density at radius 1 is 1.12 bits per heavy atom. The van der Waals surface area contributed by atoms with E-state index in [1.165, 1.54) is 18.2 Å². The Morgan fingerprint density at radius 3 is 2.58 bits per heavy atom. The molecule has 1 aliphatic rings. The van der Waals surface area contributed by atoms with Crippen LogP contribution in [0.3, 0.4) is 0 Å². The molecule has 0 spiro atoms. The fraction of sp³-hybridized carbons (Fsp3) is 0. The predicted octanol–water partition coefficient (Wildman–Crippen LogP) is 4.04. The van der Waals surface area contributed by atoms with Gasteiger partial charge in [0.25, 0.3) is 0 Å². The summed E-state index contributed by atoms with van der Waals surface area (Å²) in [5.74, 6) is -1.85. The summed E-state index contributed by atoms with van der Waals surface area (Å²) in [6.07, 6.45) is 1.49. The first-order chi connectivity index (χ1) is 11.5. The smallest absolute Gasteiger partial charge is 0.363 e. The van der Waals surface area contributed by atoms with Crippen LogP contribution >= 0.6 is 23.2 Å². The van der Waals surface area contributed by atoms with Crippen LogP contribution < -0.4 is 0 Å². The van der Waals surface area contributed by atoms with E-state index in [0.29, 0.717) is 15.6 Å². The molecule has 120 valence electrons. The molecule has 7 heteroatoms. The Morgan fingerprint density at radius 2 is 1.88 bits per heavy atom. The van der Waals surface area contributed by atoms with Crippen LogP contribution in [0.4, 0.5) is 0 Å². The van der Waals surface area contributed by atoms with E-state index in [-0.39, 0.29) is 22.7 Å². The summed E-state index contributed by atoms with van der Waals surface area (Å²) in [5, 5.41) is 9.95. The van der Waals surface area contributed by atoms with Gasteiger partial charge in [0.2, 0.25) is 5.90 Å². The minimum Gasteiger partial charge on any atom is -0.478 e. The molecule has 1 aliphatic heterocycles. The first kappa shape index (κ1) is 16.2. The fourth-order valence-corrected chi connectivity index (χ4v) is 2.45. The van der Waals surface area contributed by atoms with Gasteiger partial charge in [-0.15, -0.1) is 0 Å². The molecule has 0 unspecified atom stereocenters. The summed E-state index contributed by atoms with van der Waals surface area (Å²) in [5.41, 5.74) is 0.896. The van der Waals surface area contributed by atoms with Crippen molar-refractivity contribution in [2.24, 2.45) is 4.99 Å². The average molecular weight is 362 g/mol. The quantitative estimate of drug-likeness (QED) is 0.661. The van der Waals surface area contributed by atoms with Gasteiger partial charge in [0, 0.05) is 0 Å². The molecule has 0 saturated carbocycles. The number of cyclic esters (lactones) is 1. The first-order valence-corrected chi connectivity index (χ1v) is 7.51. The number of carboxylic acids is 1. The number of rotatable bonds is 3. The minimum absolute atomic E-state index is 0.000151. The lowest BCUT2D eigenvalue weighted by Gasteiger charge is -2.03. The molecule has 3 rings (SSSR count). The van der Waals surface area contributed by atoms with E-state index >= 15 is 0 Å². The average Bonchev–Trinajstić information content (AvgIpc) is 2.92. The maximum atomic E-state index is 12.0. The van der Waals surface area contributed by atoms with Gasteiger partial charge >= 0.3 is 11.9 Å². The van der Waals surface area contributed by atoms with Crippen molar-refractivity contribution in [1.82, 2.24) is 0 Å². The Balaban J connectivity index is 2.01. The molecular formula is C17H9Cl2NO4. The molecule has 2 aromatic rings. The van der Waals surface area contributed by atoms with Crippen LogP contribution in [0.25, 0.3) is 6.08 Å². The number of carbonyl (C=O) groups excluding carboxylic acids is 1. The lowest BCUT2D eigenvalue weighted by molar-refractivity contribution is -0.129. The topological polar surface area (TPSA) is 76.0 Å². The summed E-state index contributed by atoms with van der Waals surface area (Å²) in [6, 6.07) is 11.0. The van der Waals surface area contributed by atoms with Crippen molar-refractivity contribution >= 4 is 47.1 Å². The number of ether oxygens (including phenoxy) is 1. The monoisotopic (exact) mass is 361 g/mol. The molecule has 24 heavy (non-hydrogen) atoms. The van der Waals surface area contributed by atoms with Crippen LogP contribution in [-0.2, 0) is 9.53 Å². The Kier molecular flexibility index (Phi) is 4.38. The highest BCUT2D eigenvalue weighted by atomic mass is 35.5. The highest BCUT2D eigenvalue weighted by molar-refractivity contribution is 6.42. The van der Waals surface area contributed by atoms with Gasteiger partial charge in [-0.3, -0.25) is 0 Å². The van der Waals surface area contributed by atoms with Gasteiger partial charge in [-0.25, -0.2) is 14.6 Å². The molecule has 1 N–H and O–H groups in total. The van der Waals surface area contributed by atoms with Gasteiger partial charge in [0.15, 0.2) is 5.70 Å². The number of carbonyl (C=O) groups is 2. The van der Waals surface area contributed by atoms with E-state index in [2.05, 4.69) is 4.99 Å². The van der Waals surface area contributed by atoms with Crippen molar-refractivity contribution in [3.8, 4) is 0 Å². The third-order valence-corrected chi connectivity index (χ3v) is 3.99. The molecule has 0 aliphatic carbocycles. The molecule has 0 bridgehead atoms. The number of aromatic carboxylic acids is 1. The van der Waals surface area contributed by atoms with E-state index < -0.39 is 11.9 Å².